The van der Waals surface area contributed by atoms with Gasteiger partial charge in [-0.15, -0.1) is 0 Å². The van der Waals surface area contributed by atoms with E-state index < -0.39 is 10.0 Å². The third-order valence-corrected chi connectivity index (χ3v) is 6.98. The topological polar surface area (TPSA) is 79.8 Å². The third kappa shape index (κ3) is 3.16. The first-order valence-electron chi connectivity index (χ1n) is 9.32. The maximum atomic E-state index is 13.1. The van der Waals surface area contributed by atoms with Gasteiger partial charge in [-0.05, 0) is 56.7 Å². The lowest BCUT2D eigenvalue weighted by Crippen LogP contribution is -2.49. The average Bonchev–Trinajstić information content (AvgIpc) is 2.93. The summed E-state index contributed by atoms with van der Waals surface area (Å²) < 4.78 is 33.3. The lowest BCUT2D eigenvalue weighted by molar-refractivity contribution is 0.0628. The average molecular weight is 401 g/mol. The second-order valence-corrected chi connectivity index (χ2v) is 9.37. The smallest absolute Gasteiger partial charge is 0.256 e. The van der Waals surface area contributed by atoms with Gasteiger partial charge in [0.15, 0.2) is 0 Å². The van der Waals surface area contributed by atoms with Gasteiger partial charge in [0.05, 0.1) is 22.6 Å². The van der Waals surface area contributed by atoms with Crippen molar-refractivity contribution < 1.29 is 17.9 Å². The van der Waals surface area contributed by atoms with Crippen LogP contribution in [0, 0.1) is 6.92 Å². The van der Waals surface area contributed by atoms with E-state index in [1.54, 1.807) is 35.4 Å². The number of nitrogens with zero attached hydrogens (tertiary/aromatic N) is 3. The van der Waals surface area contributed by atoms with E-state index in [4.69, 9.17) is 4.74 Å². The van der Waals surface area contributed by atoms with Gasteiger partial charge >= 0.3 is 0 Å². The van der Waals surface area contributed by atoms with Crippen molar-refractivity contribution in [3.63, 3.8) is 0 Å². The Balaban J connectivity index is 1.60. The number of carbonyl (C=O) groups excluding carboxylic acids is 1. The second-order valence-electron chi connectivity index (χ2n) is 7.43. The van der Waals surface area contributed by atoms with Crippen molar-refractivity contribution in [3.05, 3.63) is 53.3 Å². The van der Waals surface area contributed by atoms with Gasteiger partial charge in [-0.2, -0.15) is 4.31 Å². The van der Waals surface area contributed by atoms with Gasteiger partial charge < -0.3 is 9.64 Å². The summed E-state index contributed by atoms with van der Waals surface area (Å²) in [6.07, 6.45) is 1.62. The van der Waals surface area contributed by atoms with E-state index in [-0.39, 0.29) is 36.0 Å². The van der Waals surface area contributed by atoms with Crippen LogP contribution in [0.1, 0.15) is 41.5 Å². The van der Waals surface area contributed by atoms with Crippen molar-refractivity contribution in [2.75, 3.05) is 19.6 Å². The minimum Gasteiger partial charge on any atom is -0.491 e. The number of hydrogen-bond donors (Lipinski definition) is 0. The van der Waals surface area contributed by atoms with E-state index in [1.165, 1.54) is 4.31 Å². The minimum absolute atomic E-state index is 0.0217. The Bertz CT molecular complexity index is 1020. The van der Waals surface area contributed by atoms with E-state index in [0.717, 1.165) is 11.3 Å². The number of sulfonamides is 1. The molecule has 1 atom stereocenters. The fourth-order valence-corrected chi connectivity index (χ4v) is 5.22. The molecule has 28 heavy (non-hydrogen) atoms. The first kappa shape index (κ1) is 18.9. The Kier molecular flexibility index (Phi) is 4.63. The molecule has 3 heterocycles. The molecule has 0 radical (unpaired) electrons. The van der Waals surface area contributed by atoms with Crippen LogP contribution in [-0.2, 0) is 10.0 Å². The summed E-state index contributed by atoms with van der Waals surface area (Å²) in [5, 5.41) is 0. The summed E-state index contributed by atoms with van der Waals surface area (Å²) in [6.45, 7) is 6.59. The maximum absolute atomic E-state index is 13.1. The number of benzene rings is 1. The van der Waals surface area contributed by atoms with Crippen molar-refractivity contribution >= 4 is 15.9 Å². The lowest BCUT2D eigenvalue weighted by Gasteiger charge is -2.37. The Labute approximate surface area is 165 Å². The fraction of sp³-hybridized carbons (Fsp3) is 0.400. The third-order valence-electron chi connectivity index (χ3n) is 5.10. The fourth-order valence-electron chi connectivity index (χ4n) is 3.79. The van der Waals surface area contributed by atoms with Crippen LogP contribution in [0.25, 0.3) is 0 Å². The SMILES string of the molecule is Cc1cc2c(cn1)C(=O)N1CCN(S(=O)(=O)c3ccc(OC(C)C)cc3)CC21. The van der Waals surface area contributed by atoms with Gasteiger partial charge in [0.25, 0.3) is 5.91 Å². The molecule has 2 aliphatic rings. The Hall–Kier alpha value is -2.45. The monoisotopic (exact) mass is 401 g/mol. The van der Waals surface area contributed by atoms with Crippen molar-refractivity contribution in [1.29, 1.82) is 0 Å². The molecular formula is C20H23N3O4S. The van der Waals surface area contributed by atoms with Crippen LogP contribution in [0.3, 0.4) is 0 Å². The molecule has 0 spiro atoms. The van der Waals surface area contributed by atoms with Crippen molar-refractivity contribution in [1.82, 2.24) is 14.2 Å². The highest BCUT2D eigenvalue weighted by molar-refractivity contribution is 7.89. The van der Waals surface area contributed by atoms with Crippen LogP contribution >= 0.6 is 0 Å². The van der Waals surface area contributed by atoms with Crippen LogP contribution in [0.15, 0.2) is 41.4 Å². The maximum Gasteiger partial charge on any atom is 0.256 e. The summed E-state index contributed by atoms with van der Waals surface area (Å²) in [6, 6.07) is 8.10. The molecule has 4 rings (SSSR count). The molecule has 1 unspecified atom stereocenters. The molecule has 1 amide bonds. The number of fused-ring (bicyclic) bond motifs is 3. The zero-order chi connectivity index (χ0) is 20.1. The van der Waals surface area contributed by atoms with E-state index in [2.05, 4.69) is 4.98 Å². The normalized spacial score (nSPS) is 19.6. The molecule has 148 valence electrons. The van der Waals surface area contributed by atoms with Crippen LogP contribution in [0.2, 0.25) is 0 Å². The van der Waals surface area contributed by atoms with Gasteiger partial charge in [0.2, 0.25) is 10.0 Å². The van der Waals surface area contributed by atoms with Gasteiger partial charge in [-0.3, -0.25) is 9.78 Å². The number of ether oxygens (including phenoxy) is 1. The molecule has 7 nitrogen and oxygen atoms in total. The highest BCUT2D eigenvalue weighted by atomic mass is 32.2. The molecule has 0 aliphatic carbocycles. The van der Waals surface area contributed by atoms with Gasteiger partial charge in [0, 0.05) is 31.5 Å². The molecule has 1 saturated heterocycles. The first-order chi connectivity index (χ1) is 13.3. The number of piperazine rings is 1. The van der Waals surface area contributed by atoms with E-state index in [9.17, 15) is 13.2 Å². The van der Waals surface area contributed by atoms with E-state index in [0.29, 0.717) is 17.9 Å². The molecular weight excluding hydrogens is 378 g/mol. The zero-order valence-corrected chi connectivity index (χ0v) is 16.9. The lowest BCUT2D eigenvalue weighted by atomic mass is 10.1. The predicted molar refractivity (Wildman–Crippen MR) is 104 cm³/mol. The van der Waals surface area contributed by atoms with Gasteiger partial charge in [-0.1, -0.05) is 0 Å². The van der Waals surface area contributed by atoms with Crippen molar-refractivity contribution in [2.45, 2.75) is 37.8 Å². The number of carbonyl (C=O) groups is 1. The molecule has 8 heteroatoms. The summed E-state index contributed by atoms with van der Waals surface area (Å²) in [7, 11) is -3.65. The van der Waals surface area contributed by atoms with Gasteiger partial charge in [-0.25, -0.2) is 8.42 Å². The summed E-state index contributed by atoms with van der Waals surface area (Å²) >= 11 is 0. The molecule has 2 aliphatic heterocycles. The molecule has 1 fully saturated rings. The largest absolute Gasteiger partial charge is 0.491 e. The Morgan fingerprint density at radius 2 is 1.89 bits per heavy atom. The molecule has 2 aromatic rings. The standard InChI is InChI=1S/C20H23N3O4S/c1-13(2)27-15-4-6-16(7-5-15)28(25,26)22-8-9-23-19(12-22)17-10-14(3)21-11-18(17)20(23)24/h4-7,10-11,13,19H,8-9,12H2,1-3H3. The molecule has 0 bridgehead atoms. The number of aryl methyl sites for hydroxylation is 1. The van der Waals surface area contributed by atoms with Crippen molar-refractivity contribution in [3.8, 4) is 5.75 Å². The quantitative estimate of drug-likeness (QED) is 0.786. The van der Waals surface area contributed by atoms with E-state index in [1.807, 2.05) is 26.8 Å². The minimum atomic E-state index is -3.65. The zero-order valence-electron chi connectivity index (χ0n) is 16.1. The molecule has 0 saturated carbocycles. The van der Waals surface area contributed by atoms with Crippen LogP contribution in [0.5, 0.6) is 5.75 Å². The van der Waals surface area contributed by atoms with E-state index >= 15 is 0 Å². The number of hydrogen-bond acceptors (Lipinski definition) is 5. The van der Waals surface area contributed by atoms with Crippen LogP contribution < -0.4 is 4.74 Å². The van der Waals surface area contributed by atoms with Crippen molar-refractivity contribution in [2.24, 2.45) is 0 Å². The number of pyridine rings is 1. The number of rotatable bonds is 4. The second kappa shape index (κ2) is 6.86. The predicted octanol–water partition coefficient (Wildman–Crippen LogP) is 2.38. The number of amides is 1. The summed E-state index contributed by atoms with van der Waals surface area (Å²) in [5.41, 5.74) is 2.25. The highest BCUT2D eigenvalue weighted by Crippen LogP contribution is 2.37. The Morgan fingerprint density at radius 3 is 2.57 bits per heavy atom. The summed E-state index contributed by atoms with van der Waals surface area (Å²) in [5.74, 6) is 0.566. The molecule has 1 aromatic heterocycles. The first-order valence-corrected chi connectivity index (χ1v) is 10.8. The number of aromatic nitrogens is 1. The molecule has 0 N–H and O–H groups in total. The van der Waals surface area contributed by atoms with Gasteiger partial charge in [0.1, 0.15) is 5.75 Å². The highest BCUT2D eigenvalue weighted by Gasteiger charge is 2.43. The van der Waals surface area contributed by atoms with Crippen LogP contribution in [-0.4, -0.2) is 54.3 Å². The Morgan fingerprint density at radius 1 is 1.18 bits per heavy atom. The molecule has 1 aromatic carbocycles. The van der Waals surface area contributed by atoms with Crippen LogP contribution in [0.4, 0.5) is 0 Å². The summed E-state index contributed by atoms with van der Waals surface area (Å²) in [4.78, 5) is 18.8.